The minimum atomic E-state index is -0.913. The third kappa shape index (κ3) is 6.88. The van der Waals surface area contributed by atoms with E-state index in [1.54, 1.807) is 13.8 Å². The van der Waals surface area contributed by atoms with E-state index in [1.807, 2.05) is 0 Å². The van der Waals surface area contributed by atoms with Crippen LogP contribution < -0.4 is 5.32 Å². The Labute approximate surface area is 136 Å². The number of aliphatic carboxylic acids is 1. The third-order valence-electron chi connectivity index (χ3n) is 4.17. The number of carboxylic acids is 1. The lowest BCUT2D eigenvalue weighted by Gasteiger charge is -2.36. The highest BCUT2D eigenvalue weighted by atomic mass is 16.7. The van der Waals surface area contributed by atoms with E-state index in [0.29, 0.717) is 6.42 Å². The lowest BCUT2D eigenvalue weighted by Crippen LogP contribution is -2.41. The molecule has 2 N–H and O–H groups in total. The molecule has 0 aliphatic heterocycles. The van der Waals surface area contributed by atoms with Crippen molar-refractivity contribution in [3.63, 3.8) is 0 Å². The molecule has 1 saturated carbocycles. The maximum atomic E-state index is 11.9. The zero-order chi connectivity index (χ0) is 17.3. The monoisotopic (exact) mass is 329 g/mol. The first kappa shape index (κ1) is 19.3. The maximum Gasteiger partial charge on any atom is 0.410 e. The highest BCUT2D eigenvalue weighted by Gasteiger charge is 2.35. The molecule has 1 atom stereocenters. The molecule has 23 heavy (non-hydrogen) atoms. The number of carbonyl (C=O) groups excluding carboxylic acids is 2. The summed E-state index contributed by atoms with van der Waals surface area (Å²) in [5, 5.41) is 11.7. The SMILES string of the molecule is CCC(=O)OC(CC)OC(=O)NCC1(CC(=O)O)CCCCC1. The second-order valence-corrected chi connectivity index (χ2v) is 6.07. The fourth-order valence-corrected chi connectivity index (χ4v) is 2.88. The highest BCUT2D eigenvalue weighted by molar-refractivity contribution is 5.70. The van der Waals surface area contributed by atoms with Gasteiger partial charge in [-0.1, -0.05) is 33.1 Å². The molecule has 1 rings (SSSR count). The Morgan fingerprint density at radius 3 is 2.30 bits per heavy atom. The Morgan fingerprint density at radius 2 is 1.78 bits per heavy atom. The Morgan fingerprint density at radius 1 is 1.13 bits per heavy atom. The molecule has 1 amide bonds. The molecule has 0 aromatic carbocycles. The smallest absolute Gasteiger partial charge is 0.410 e. The molecule has 0 bridgehead atoms. The molecular weight excluding hydrogens is 302 g/mol. The summed E-state index contributed by atoms with van der Waals surface area (Å²) in [6.45, 7) is 3.66. The largest absolute Gasteiger partial charge is 0.481 e. The zero-order valence-electron chi connectivity index (χ0n) is 13.9. The van der Waals surface area contributed by atoms with Crippen LogP contribution >= 0.6 is 0 Å². The average Bonchev–Trinajstić information content (AvgIpc) is 2.52. The van der Waals surface area contributed by atoms with Gasteiger partial charge in [0.1, 0.15) is 0 Å². The first-order valence-electron chi connectivity index (χ1n) is 8.26. The van der Waals surface area contributed by atoms with Gasteiger partial charge in [-0.05, 0) is 18.3 Å². The van der Waals surface area contributed by atoms with Crippen molar-refractivity contribution < 1.29 is 29.0 Å². The van der Waals surface area contributed by atoms with E-state index in [9.17, 15) is 14.4 Å². The molecule has 7 heteroatoms. The van der Waals surface area contributed by atoms with Crippen LogP contribution in [-0.4, -0.2) is 36.0 Å². The molecule has 0 heterocycles. The van der Waals surface area contributed by atoms with Crippen LogP contribution in [0.25, 0.3) is 0 Å². The quantitative estimate of drug-likeness (QED) is 0.524. The summed E-state index contributed by atoms with van der Waals surface area (Å²) in [4.78, 5) is 34.2. The predicted octanol–water partition coefficient (Wildman–Crippen LogP) is 2.83. The number of carbonyl (C=O) groups is 3. The highest BCUT2D eigenvalue weighted by Crippen LogP contribution is 2.38. The van der Waals surface area contributed by atoms with Crippen LogP contribution in [-0.2, 0) is 19.1 Å². The van der Waals surface area contributed by atoms with E-state index in [0.717, 1.165) is 32.1 Å². The molecule has 132 valence electrons. The van der Waals surface area contributed by atoms with E-state index in [-0.39, 0.29) is 19.4 Å². The number of carboxylic acid groups (broad SMARTS) is 1. The van der Waals surface area contributed by atoms with Crippen molar-refractivity contribution in [2.24, 2.45) is 5.41 Å². The number of hydrogen-bond acceptors (Lipinski definition) is 5. The van der Waals surface area contributed by atoms with Crippen LogP contribution in [0.1, 0.15) is 65.2 Å². The van der Waals surface area contributed by atoms with Crippen LogP contribution in [0.15, 0.2) is 0 Å². The van der Waals surface area contributed by atoms with Crippen molar-refractivity contribution in [3.8, 4) is 0 Å². The van der Waals surface area contributed by atoms with Crippen molar-refractivity contribution in [3.05, 3.63) is 0 Å². The number of nitrogens with one attached hydrogen (secondary N) is 1. The normalized spacial score (nSPS) is 17.8. The average molecular weight is 329 g/mol. The third-order valence-corrected chi connectivity index (χ3v) is 4.17. The zero-order valence-corrected chi connectivity index (χ0v) is 13.9. The number of rotatable bonds is 8. The number of ether oxygens (including phenoxy) is 2. The van der Waals surface area contributed by atoms with Gasteiger partial charge in [0.15, 0.2) is 0 Å². The van der Waals surface area contributed by atoms with Gasteiger partial charge in [0.05, 0.1) is 6.42 Å². The fraction of sp³-hybridized carbons (Fsp3) is 0.812. The number of hydrogen-bond donors (Lipinski definition) is 2. The van der Waals surface area contributed by atoms with Gasteiger partial charge in [0.2, 0.25) is 6.29 Å². The van der Waals surface area contributed by atoms with Gasteiger partial charge >= 0.3 is 18.0 Å². The van der Waals surface area contributed by atoms with Crippen LogP contribution in [0.5, 0.6) is 0 Å². The molecule has 0 radical (unpaired) electrons. The topological polar surface area (TPSA) is 102 Å². The van der Waals surface area contributed by atoms with Gasteiger partial charge < -0.3 is 19.9 Å². The Balaban J connectivity index is 2.50. The van der Waals surface area contributed by atoms with E-state index >= 15 is 0 Å². The summed E-state index contributed by atoms with van der Waals surface area (Å²) in [5.74, 6) is -1.29. The second-order valence-electron chi connectivity index (χ2n) is 6.07. The van der Waals surface area contributed by atoms with Crippen molar-refractivity contribution in [2.45, 2.75) is 71.5 Å². The molecule has 1 fully saturated rings. The molecule has 1 unspecified atom stereocenters. The molecule has 7 nitrogen and oxygen atoms in total. The van der Waals surface area contributed by atoms with E-state index < -0.39 is 29.7 Å². The summed E-state index contributed by atoms with van der Waals surface area (Å²) >= 11 is 0. The molecule has 0 aromatic rings. The predicted molar refractivity (Wildman–Crippen MR) is 82.7 cm³/mol. The minimum absolute atomic E-state index is 0.0370. The van der Waals surface area contributed by atoms with Gasteiger partial charge in [0, 0.05) is 19.4 Å². The van der Waals surface area contributed by atoms with Gasteiger partial charge in [-0.3, -0.25) is 9.59 Å². The lowest BCUT2D eigenvalue weighted by molar-refractivity contribution is -0.167. The number of alkyl carbamates (subject to hydrolysis) is 1. The fourth-order valence-electron chi connectivity index (χ4n) is 2.88. The minimum Gasteiger partial charge on any atom is -0.481 e. The van der Waals surface area contributed by atoms with Crippen molar-refractivity contribution >= 4 is 18.0 Å². The van der Waals surface area contributed by atoms with Crippen molar-refractivity contribution in [2.75, 3.05) is 6.54 Å². The van der Waals surface area contributed by atoms with E-state index in [4.69, 9.17) is 14.6 Å². The molecular formula is C16H27NO6. The van der Waals surface area contributed by atoms with Crippen molar-refractivity contribution in [1.29, 1.82) is 0 Å². The molecule has 1 aliphatic carbocycles. The first-order chi connectivity index (χ1) is 10.9. The van der Waals surface area contributed by atoms with Crippen molar-refractivity contribution in [1.82, 2.24) is 5.32 Å². The van der Waals surface area contributed by atoms with Gasteiger partial charge in [-0.15, -0.1) is 0 Å². The lowest BCUT2D eigenvalue weighted by atomic mass is 9.72. The first-order valence-corrected chi connectivity index (χ1v) is 8.26. The number of amides is 1. The van der Waals surface area contributed by atoms with Gasteiger partial charge in [-0.25, -0.2) is 4.79 Å². The van der Waals surface area contributed by atoms with Gasteiger partial charge in [0.25, 0.3) is 0 Å². The van der Waals surface area contributed by atoms with Gasteiger partial charge in [-0.2, -0.15) is 0 Å². The molecule has 1 aliphatic rings. The van der Waals surface area contributed by atoms with Crippen LogP contribution in [0.4, 0.5) is 4.79 Å². The summed E-state index contributed by atoms with van der Waals surface area (Å²) in [6.07, 6.45) is 3.60. The summed E-state index contributed by atoms with van der Waals surface area (Å²) in [6, 6.07) is 0. The Kier molecular flexibility index (Phi) is 7.85. The van der Waals surface area contributed by atoms with E-state index in [1.165, 1.54) is 0 Å². The Bertz CT molecular complexity index is 417. The van der Waals surface area contributed by atoms with Crippen LogP contribution in [0.2, 0.25) is 0 Å². The van der Waals surface area contributed by atoms with E-state index in [2.05, 4.69) is 5.32 Å². The summed E-state index contributed by atoms with van der Waals surface area (Å²) in [5.41, 5.74) is -0.412. The Hall–Kier alpha value is -1.79. The second kappa shape index (κ2) is 9.37. The molecule has 0 spiro atoms. The van der Waals surface area contributed by atoms with Crippen LogP contribution in [0, 0.1) is 5.41 Å². The maximum absolute atomic E-state index is 11.9. The standard InChI is InChI=1S/C16H27NO6/c1-3-13(20)22-14(4-2)23-15(21)17-11-16(10-12(18)19)8-6-5-7-9-16/h14H,3-11H2,1-2H3,(H,17,21)(H,18,19). The molecule has 0 aromatic heterocycles. The molecule has 0 saturated heterocycles. The summed E-state index contributed by atoms with van der Waals surface area (Å²) in [7, 11) is 0. The summed E-state index contributed by atoms with van der Waals surface area (Å²) < 4.78 is 10.1. The van der Waals surface area contributed by atoms with Crippen LogP contribution in [0.3, 0.4) is 0 Å². The number of esters is 1.